The summed E-state index contributed by atoms with van der Waals surface area (Å²) in [6.45, 7) is 2.44. The predicted octanol–water partition coefficient (Wildman–Crippen LogP) is 0.766. The number of aromatic nitrogens is 1. The highest BCUT2D eigenvalue weighted by atomic mass is 32.1. The lowest BCUT2D eigenvalue weighted by molar-refractivity contribution is 0.114. The first-order valence-corrected chi connectivity index (χ1v) is 5.52. The van der Waals surface area contributed by atoms with Crippen LogP contribution in [0.5, 0.6) is 0 Å². The summed E-state index contributed by atoms with van der Waals surface area (Å²) < 4.78 is 0. The third-order valence-electron chi connectivity index (χ3n) is 2.24. The Kier molecular flexibility index (Phi) is 3.02. The van der Waals surface area contributed by atoms with E-state index in [1.54, 1.807) is 6.20 Å². The monoisotopic (exact) mass is 228 g/mol. The minimum Gasteiger partial charge on any atom is -0.465 e. The van der Waals surface area contributed by atoms with Gasteiger partial charge in [-0.1, -0.05) is 0 Å². The molecule has 0 aliphatic carbocycles. The quantitative estimate of drug-likeness (QED) is 0.782. The molecule has 2 heterocycles. The van der Waals surface area contributed by atoms with E-state index in [4.69, 9.17) is 5.11 Å². The van der Waals surface area contributed by atoms with Gasteiger partial charge in [-0.15, -0.1) is 11.3 Å². The average molecular weight is 228 g/mol. The number of nitrogens with zero attached hydrogens (tertiary/aromatic N) is 3. The Bertz CT molecular complexity index is 321. The normalized spacial score (nSPS) is 17.7. The summed E-state index contributed by atoms with van der Waals surface area (Å²) in [6.07, 6.45) is 0.893. The van der Waals surface area contributed by atoms with E-state index in [-0.39, 0.29) is 0 Å². The maximum atomic E-state index is 10.7. The molecule has 0 bridgehead atoms. The smallest absolute Gasteiger partial charge is 0.407 e. The van der Waals surface area contributed by atoms with Crippen LogP contribution in [-0.2, 0) is 0 Å². The molecule has 1 fully saturated rings. The van der Waals surface area contributed by atoms with Crippen molar-refractivity contribution in [3.63, 3.8) is 0 Å². The van der Waals surface area contributed by atoms with Crippen molar-refractivity contribution in [1.29, 1.82) is 0 Å². The minimum absolute atomic E-state index is 0.535. The lowest BCUT2D eigenvalue weighted by Gasteiger charge is -2.32. The first-order chi connectivity index (χ1) is 7.25. The van der Waals surface area contributed by atoms with Crippen LogP contribution in [0.3, 0.4) is 0 Å². The SMILES string of the molecule is O=C(O)N1CCN(Nc2nccs2)CC1. The van der Waals surface area contributed by atoms with Crippen molar-refractivity contribution in [2.75, 3.05) is 31.6 Å². The molecule has 0 unspecified atom stereocenters. The zero-order valence-corrected chi connectivity index (χ0v) is 8.90. The van der Waals surface area contributed by atoms with E-state index >= 15 is 0 Å². The molecular formula is C8H12N4O2S. The van der Waals surface area contributed by atoms with Gasteiger partial charge in [0.15, 0.2) is 5.13 Å². The summed E-state index contributed by atoms with van der Waals surface area (Å²) in [5.41, 5.74) is 3.14. The number of hydrogen-bond donors (Lipinski definition) is 2. The second-order valence-corrected chi connectivity index (χ2v) is 4.10. The number of nitrogens with one attached hydrogen (secondary N) is 1. The molecule has 2 N–H and O–H groups in total. The Morgan fingerprint density at radius 3 is 2.73 bits per heavy atom. The minimum atomic E-state index is -0.844. The van der Waals surface area contributed by atoms with Crippen LogP contribution in [0.25, 0.3) is 0 Å². The molecule has 15 heavy (non-hydrogen) atoms. The number of hydrazine groups is 1. The number of thiazole rings is 1. The molecule has 1 amide bonds. The van der Waals surface area contributed by atoms with Crippen molar-refractivity contribution in [2.24, 2.45) is 0 Å². The Morgan fingerprint density at radius 2 is 2.20 bits per heavy atom. The van der Waals surface area contributed by atoms with E-state index in [1.807, 2.05) is 10.4 Å². The van der Waals surface area contributed by atoms with Gasteiger partial charge < -0.3 is 10.0 Å². The zero-order valence-electron chi connectivity index (χ0n) is 8.09. The maximum Gasteiger partial charge on any atom is 0.407 e. The highest BCUT2D eigenvalue weighted by Gasteiger charge is 2.20. The van der Waals surface area contributed by atoms with Crippen LogP contribution in [0.1, 0.15) is 0 Å². The lowest BCUT2D eigenvalue weighted by Crippen LogP contribution is -2.50. The van der Waals surface area contributed by atoms with Crippen LogP contribution in [0.4, 0.5) is 9.93 Å². The van der Waals surface area contributed by atoms with Gasteiger partial charge in [0.25, 0.3) is 0 Å². The molecule has 0 aromatic carbocycles. The van der Waals surface area contributed by atoms with Crippen LogP contribution >= 0.6 is 11.3 Å². The molecule has 82 valence electrons. The van der Waals surface area contributed by atoms with Crippen molar-refractivity contribution >= 4 is 22.6 Å². The van der Waals surface area contributed by atoms with Gasteiger partial charge >= 0.3 is 6.09 Å². The van der Waals surface area contributed by atoms with Crippen LogP contribution in [0.15, 0.2) is 11.6 Å². The highest BCUT2D eigenvalue weighted by Crippen LogP contribution is 2.12. The van der Waals surface area contributed by atoms with E-state index in [0.29, 0.717) is 26.2 Å². The van der Waals surface area contributed by atoms with Crippen molar-refractivity contribution in [3.05, 3.63) is 11.6 Å². The maximum absolute atomic E-state index is 10.7. The van der Waals surface area contributed by atoms with Gasteiger partial charge in [-0.25, -0.2) is 14.8 Å². The summed E-state index contributed by atoms with van der Waals surface area (Å²) in [6, 6.07) is 0. The number of amides is 1. The molecule has 0 saturated carbocycles. The van der Waals surface area contributed by atoms with Gasteiger partial charge in [0.1, 0.15) is 0 Å². The number of hydrogen-bond acceptors (Lipinski definition) is 5. The molecule has 6 nitrogen and oxygen atoms in total. The van der Waals surface area contributed by atoms with Gasteiger partial charge in [0, 0.05) is 37.8 Å². The fraction of sp³-hybridized carbons (Fsp3) is 0.500. The Balaban J connectivity index is 1.81. The first-order valence-electron chi connectivity index (χ1n) is 4.64. The molecule has 1 saturated heterocycles. The molecule has 0 atom stereocenters. The first kappa shape index (κ1) is 10.2. The fourth-order valence-corrected chi connectivity index (χ4v) is 1.98. The summed E-state index contributed by atoms with van der Waals surface area (Å²) in [5, 5.41) is 13.5. The topological polar surface area (TPSA) is 68.7 Å². The molecule has 7 heteroatoms. The van der Waals surface area contributed by atoms with Crippen LogP contribution in [0, 0.1) is 0 Å². The van der Waals surface area contributed by atoms with E-state index in [1.165, 1.54) is 16.2 Å². The molecule has 0 spiro atoms. The molecule has 1 aliphatic heterocycles. The van der Waals surface area contributed by atoms with Gasteiger partial charge in [-0.3, -0.25) is 5.43 Å². The zero-order chi connectivity index (χ0) is 10.7. The molecule has 1 aromatic heterocycles. The number of anilines is 1. The number of piperazine rings is 1. The Labute approximate surface area is 91.1 Å². The van der Waals surface area contributed by atoms with Gasteiger partial charge in [0.2, 0.25) is 0 Å². The summed E-state index contributed by atoms with van der Waals surface area (Å²) in [5.74, 6) is 0. The molecule has 1 aromatic rings. The molecule has 0 radical (unpaired) electrons. The van der Waals surface area contributed by atoms with Crippen molar-refractivity contribution in [1.82, 2.24) is 14.9 Å². The van der Waals surface area contributed by atoms with Gasteiger partial charge in [0.05, 0.1) is 0 Å². The Morgan fingerprint density at radius 1 is 1.47 bits per heavy atom. The van der Waals surface area contributed by atoms with Crippen LogP contribution < -0.4 is 5.43 Å². The largest absolute Gasteiger partial charge is 0.465 e. The van der Waals surface area contributed by atoms with Gasteiger partial charge in [-0.05, 0) is 0 Å². The third-order valence-corrected chi connectivity index (χ3v) is 2.91. The lowest BCUT2D eigenvalue weighted by atomic mass is 10.4. The predicted molar refractivity (Wildman–Crippen MR) is 56.9 cm³/mol. The summed E-state index contributed by atoms with van der Waals surface area (Å²) >= 11 is 1.53. The van der Waals surface area contributed by atoms with Gasteiger partial charge in [-0.2, -0.15) is 0 Å². The number of rotatable bonds is 2. The van der Waals surface area contributed by atoms with Crippen molar-refractivity contribution in [3.8, 4) is 0 Å². The number of carbonyl (C=O) groups is 1. The van der Waals surface area contributed by atoms with E-state index in [2.05, 4.69) is 10.4 Å². The second kappa shape index (κ2) is 4.45. The summed E-state index contributed by atoms with van der Waals surface area (Å²) in [7, 11) is 0. The van der Waals surface area contributed by atoms with E-state index in [0.717, 1.165) is 5.13 Å². The van der Waals surface area contributed by atoms with Crippen LogP contribution in [-0.4, -0.2) is 52.3 Å². The average Bonchev–Trinajstić information content (AvgIpc) is 2.71. The molecule has 1 aliphatic rings. The number of carboxylic acid groups (broad SMARTS) is 1. The third kappa shape index (κ3) is 2.57. The Hall–Kier alpha value is -1.34. The van der Waals surface area contributed by atoms with E-state index in [9.17, 15) is 4.79 Å². The molecular weight excluding hydrogens is 216 g/mol. The highest BCUT2D eigenvalue weighted by molar-refractivity contribution is 7.13. The second-order valence-electron chi connectivity index (χ2n) is 3.21. The summed E-state index contributed by atoms with van der Waals surface area (Å²) in [4.78, 5) is 16.2. The van der Waals surface area contributed by atoms with Crippen molar-refractivity contribution in [2.45, 2.75) is 0 Å². The van der Waals surface area contributed by atoms with Crippen LogP contribution in [0.2, 0.25) is 0 Å². The van der Waals surface area contributed by atoms with Crippen molar-refractivity contribution < 1.29 is 9.90 Å². The van der Waals surface area contributed by atoms with E-state index < -0.39 is 6.09 Å². The fourth-order valence-electron chi connectivity index (χ4n) is 1.42. The standard InChI is InChI=1S/C8H12N4O2S/c13-8(14)11-2-4-12(5-3-11)10-7-9-1-6-15-7/h1,6H,2-5H2,(H,9,10)(H,13,14). The molecule has 2 rings (SSSR count).